The third-order valence-electron chi connectivity index (χ3n) is 5.34. The zero-order chi connectivity index (χ0) is 24.7. The van der Waals surface area contributed by atoms with Gasteiger partial charge < -0.3 is 10.0 Å². The van der Waals surface area contributed by atoms with Gasteiger partial charge in [-0.05, 0) is 70.4 Å². The van der Waals surface area contributed by atoms with E-state index in [0.717, 1.165) is 34.2 Å². The molecule has 0 aliphatic rings. The predicted octanol–water partition coefficient (Wildman–Crippen LogP) is 6.92. The third kappa shape index (κ3) is 5.94. The Kier molecular flexibility index (Phi) is 7.92. The molecule has 3 nitrogen and oxygen atoms in total. The number of hydrogen-bond acceptors (Lipinski definition) is 2. The first-order valence-corrected chi connectivity index (χ1v) is 12.5. The van der Waals surface area contributed by atoms with Gasteiger partial charge in [0.2, 0.25) is 0 Å². The number of nitrogens with one attached hydrogen (secondary N) is 2. The molecule has 3 rings (SSSR count). The highest BCUT2D eigenvalue weighted by Crippen LogP contribution is 2.27. The Morgan fingerprint density at radius 2 is 1.79 bits per heavy atom. The molecule has 0 fully saturated rings. The van der Waals surface area contributed by atoms with Crippen LogP contribution in [0, 0.1) is 5.82 Å². The highest BCUT2D eigenvalue weighted by Gasteiger charge is 2.12. The lowest BCUT2D eigenvalue weighted by molar-refractivity contribution is 0.627. The van der Waals surface area contributed by atoms with Crippen LogP contribution in [0.15, 0.2) is 104 Å². The van der Waals surface area contributed by atoms with Gasteiger partial charge in [0.1, 0.15) is 5.82 Å². The molecule has 0 aliphatic heterocycles. The van der Waals surface area contributed by atoms with E-state index < -0.39 is 9.71 Å². The number of aryl methyl sites for hydroxylation is 1. The Morgan fingerprint density at radius 3 is 2.50 bits per heavy atom. The van der Waals surface area contributed by atoms with Crippen molar-refractivity contribution in [2.45, 2.75) is 18.2 Å². The summed E-state index contributed by atoms with van der Waals surface area (Å²) in [6.45, 7) is 13.9. The van der Waals surface area contributed by atoms with E-state index in [4.69, 9.17) is 0 Å². The van der Waals surface area contributed by atoms with Gasteiger partial charge in [-0.15, -0.1) is 0 Å². The SMILES string of the molecule is C=CNS(=C)(=O)c1ccccc1NC(=C)c1ccc(CC)c(/C=C\C(=C)c2cccc(F)c2)c1. The average Bonchev–Trinajstić information content (AvgIpc) is 2.82. The maximum atomic E-state index is 13.6. The Balaban J connectivity index is 1.88. The molecular formula is C29H29FN2OS. The monoisotopic (exact) mass is 472 g/mol. The summed E-state index contributed by atoms with van der Waals surface area (Å²) >= 11 is 0. The molecule has 3 aromatic carbocycles. The van der Waals surface area contributed by atoms with E-state index in [1.807, 2.05) is 48.6 Å². The minimum Gasteiger partial charge on any atom is -0.354 e. The van der Waals surface area contributed by atoms with Gasteiger partial charge in [0.05, 0.1) is 20.3 Å². The highest BCUT2D eigenvalue weighted by atomic mass is 32.2. The molecule has 0 saturated carbocycles. The second-order valence-corrected chi connectivity index (χ2v) is 9.76. The molecule has 34 heavy (non-hydrogen) atoms. The summed E-state index contributed by atoms with van der Waals surface area (Å²) in [6.07, 6.45) is 6.09. The lowest BCUT2D eigenvalue weighted by atomic mass is 9.98. The second-order valence-electron chi connectivity index (χ2n) is 7.73. The van der Waals surface area contributed by atoms with Gasteiger partial charge >= 0.3 is 0 Å². The van der Waals surface area contributed by atoms with Crippen molar-refractivity contribution in [3.05, 3.63) is 127 Å². The Hall–Kier alpha value is -3.83. The van der Waals surface area contributed by atoms with Crippen molar-refractivity contribution >= 4 is 38.6 Å². The summed E-state index contributed by atoms with van der Waals surface area (Å²) in [4.78, 5) is 0.535. The fourth-order valence-corrected chi connectivity index (χ4v) is 4.69. The summed E-state index contributed by atoms with van der Waals surface area (Å²) in [5.41, 5.74) is 5.82. The van der Waals surface area contributed by atoms with Crippen LogP contribution < -0.4 is 10.0 Å². The molecule has 0 radical (unpaired) electrons. The quantitative estimate of drug-likeness (QED) is 0.248. The minimum atomic E-state index is -2.75. The molecule has 0 heterocycles. The second kappa shape index (κ2) is 10.9. The molecular weight excluding hydrogens is 443 g/mol. The molecule has 0 aromatic heterocycles. The normalized spacial score (nSPS) is 12.6. The lowest BCUT2D eigenvalue weighted by Crippen LogP contribution is -2.18. The van der Waals surface area contributed by atoms with Crippen molar-refractivity contribution in [3.63, 3.8) is 0 Å². The van der Waals surface area contributed by atoms with Crippen LogP contribution in [0.25, 0.3) is 17.3 Å². The van der Waals surface area contributed by atoms with Crippen molar-refractivity contribution < 1.29 is 8.60 Å². The summed E-state index contributed by atoms with van der Waals surface area (Å²) in [7, 11) is -2.75. The molecule has 0 saturated heterocycles. The largest absolute Gasteiger partial charge is 0.354 e. The van der Waals surface area contributed by atoms with Gasteiger partial charge in [0, 0.05) is 11.9 Å². The van der Waals surface area contributed by atoms with Crippen LogP contribution in [0.3, 0.4) is 0 Å². The fourth-order valence-electron chi connectivity index (χ4n) is 3.52. The summed E-state index contributed by atoms with van der Waals surface area (Å²) in [5, 5.41) is 3.28. The number of halogens is 1. The van der Waals surface area contributed by atoms with Crippen LogP contribution in [-0.4, -0.2) is 10.1 Å². The molecule has 174 valence electrons. The van der Waals surface area contributed by atoms with E-state index >= 15 is 0 Å². The van der Waals surface area contributed by atoms with Gasteiger partial charge in [-0.1, -0.05) is 75.2 Å². The molecule has 0 bridgehead atoms. The smallest absolute Gasteiger partial charge is 0.123 e. The van der Waals surface area contributed by atoms with E-state index in [2.05, 4.69) is 48.6 Å². The summed E-state index contributed by atoms with van der Waals surface area (Å²) in [5.74, 6) is 3.52. The van der Waals surface area contributed by atoms with Crippen molar-refractivity contribution in [1.29, 1.82) is 0 Å². The van der Waals surface area contributed by atoms with Crippen molar-refractivity contribution in [3.8, 4) is 0 Å². The van der Waals surface area contributed by atoms with E-state index in [-0.39, 0.29) is 5.82 Å². The number of allylic oxidation sites excluding steroid dienone is 2. The van der Waals surface area contributed by atoms with E-state index in [0.29, 0.717) is 16.3 Å². The Labute approximate surface area is 202 Å². The minimum absolute atomic E-state index is 0.291. The third-order valence-corrected chi connectivity index (χ3v) is 6.95. The summed E-state index contributed by atoms with van der Waals surface area (Å²) in [6, 6.07) is 19.7. The topological polar surface area (TPSA) is 41.1 Å². The van der Waals surface area contributed by atoms with Crippen LogP contribution in [-0.2, 0) is 16.1 Å². The van der Waals surface area contributed by atoms with Crippen LogP contribution in [0.2, 0.25) is 0 Å². The van der Waals surface area contributed by atoms with Gasteiger partial charge in [-0.3, -0.25) is 0 Å². The van der Waals surface area contributed by atoms with Crippen LogP contribution in [0.5, 0.6) is 0 Å². The van der Waals surface area contributed by atoms with Crippen LogP contribution in [0.1, 0.15) is 29.2 Å². The van der Waals surface area contributed by atoms with E-state index in [9.17, 15) is 8.60 Å². The van der Waals surface area contributed by atoms with Gasteiger partial charge in [0.15, 0.2) is 0 Å². The fraction of sp³-hybridized carbons (Fsp3) is 0.0690. The number of hydrogen-bond donors (Lipinski definition) is 2. The first-order valence-electron chi connectivity index (χ1n) is 10.8. The molecule has 0 amide bonds. The van der Waals surface area contributed by atoms with E-state index in [1.54, 1.807) is 12.1 Å². The van der Waals surface area contributed by atoms with Crippen molar-refractivity contribution in [1.82, 2.24) is 4.72 Å². The number of para-hydroxylation sites is 1. The molecule has 3 aromatic rings. The maximum Gasteiger partial charge on any atom is 0.123 e. The van der Waals surface area contributed by atoms with Crippen LogP contribution >= 0.6 is 0 Å². The lowest BCUT2D eigenvalue weighted by Gasteiger charge is -2.17. The molecule has 2 N–H and O–H groups in total. The first-order chi connectivity index (χ1) is 16.2. The summed E-state index contributed by atoms with van der Waals surface area (Å²) < 4.78 is 29.2. The zero-order valence-corrected chi connectivity index (χ0v) is 20.1. The molecule has 0 aliphatic carbocycles. The Morgan fingerprint density at radius 1 is 1.03 bits per heavy atom. The van der Waals surface area contributed by atoms with Gasteiger partial charge in [-0.2, -0.15) is 0 Å². The zero-order valence-electron chi connectivity index (χ0n) is 19.3. The first kappa shape index (κ1) is 24.8. The van der Waals surface area contributed by atoms with E-state index in [1.165, 1.54) is 18.3 Å². The molecule has 1 unspecified atom stereocenters. The van der Waals surface area contributed by atoms with Crippen LogP contribution in [0.4, 0.5) is 10.1 Å². The number of rotatable bonds is 10. The number of anilines is 1. The van der Waals surface area contributed by atoms with Gasteiger partial charge in [-0.25, -0.2) is 8.60 Å². The molecule has 5 heteroatoms. The molecule has 1 atom stereocenters. The van der Waals surface area contributed by atoms with Crippen molar-refractivity contribution in [2.24, 2.45) is 0 Å². The predicted molar refractivity (Wildman–Crippen MR) is 146 cm³/mol. The van der Waals surface area contributed by atoms with Crippen molar-refractivity contribution in [2.75, 3.05) is 5.32 Å². The maximum absolute atomic E-state index is 13.6. The van der Waals surface area contributed by atoms with Gasteiger partial charge in [0.25, 0.3) is 0 Å². The average molecular weight is 473 g/mol. The standard InChI is InChI=1S/C29H29FN2OS/c1-6-23-17-18-25(19-26(23)16-15-21(3)24-11-10-12-27(30)20-24)22(4)32-28-13-8-9-14-29(28)34(5,33)31-7-2/h7-20,32H,2-6H2,1H3,(H,31,33)/b16-15-. The highest BCUT2D eigenvalue weighted by molar-refractivity contribution is 7.98. The number of benzene rings is 3. The molecule has 0 spiro atoms. The Bertz CT molecular complexity index is 1370.